The lowest BCUT2D eigenvalue weighted by Crippen LogP contribution is -2.22. The molecular formula is C24H30N8O9P2S2. The molecule has 0 radical (unpaired) electrons. The fourth-order valence-electron chi connectivity index (χ4n) is 5.87. The van der Waals surface area contributed by atoms with E-state index < -0.39 is 32.0 Å². The number of rotatable bonds is 10. The zero-order chi connectivity index (χ0) is 31.3. The van der Waals surface area contributed by atoms with Gasteiger partial charge in [-0.15, -0.1) is 0 Å². The average Bonchev–Trinajstić information content (AvgIpc) is 3.76. The molecule has 2 saturated heterocycles. The molecule has 7 rings (SSSR count). The third kappa shape index (κ3) is 6.61. The van der Waals surface area contributed by atoms with Crippen LogP contribution in [0, 0.1) is 0 Å². The van der Waals surface area contributed by atoms with E-state index in [2.05, 4.69) is 49.4 Å². The minimum atomic E-state index is -4.08. The fraction of sp³-hybridized carbons (Fsp3) is 0.542. The summed E-state index contributed by atoms with van der Waals surface area (Å²) in [5.74, 6) is 0.743. The van der Waals surface area contributed by atoms with E-state index in [1.165, 1.54) is 19.0 Å². The molecule has 7 heterocycles. The van der Waals surface area contributed by atoms with Crippen molar-refractivity contribution in [2.24, 2.45) is 0 Å². The Bertz CT molecular complexity index is 1820. The Morgan fingerprint density at radius 2 is 1.80 bits per heavy atom. The molecule has 3 aliphatic heterocycles. The first-order chi connectivity index (χ1) is 21.5. The summed E-state index contributed by atoms with van der Waals surface area (Å²) >= 11 is 7.79. The number of nitrogen functional groups attached to an aromatic ring is 1. The highest BCUT2D eigenvalue weighted by atomic mass is 32.7. The van der Waals surface area contributed by atoms with Crippen molar-refractivity contribution in [3.63, 3.8) is 0 Å². The van der Waals surface area contributed by atoms with E-state index in [-0.39, 0.29) is 37.8 Å². The van der Waals surface area contributed by atoms with Crippen molar-refractivity contribution in [2.45, 2.75) is 62.9 Å². The van der Waals surface area contributed by atoms with E-state index in [0.29, 0.717) is 36.5 Å². The van der Waals surface area contributed by atoms with Gasteiger partial charge in [0, 0.05) is 12.6 Å². The van der Waals surface area contributed by atoms with Crippen molar-refractivity contribution in [3.8, 4) is 5.88 Å². The van der Waals surface area contributed by atoms with Crippen molar-refractivity contribution in [2.75, 3.05) is 25.6 Å². The van der Waals surface area contributed by atoms with Crippen molar-refractivity contribution < 1.29 is 41.8 Å². The minimum absolute atomic E-state index is 0.0391. The Morgan fingerprint density at radius 3 is 2.64 bits per heavy atom. The maximum absolute atomic E-state index is 13.5. The molecule has 2 fully saturated rings. The highest BCUT2D eigenvalue weighted by Gasteiger charge is 2.43. The van der Waals surface area contributed by atoms with Gasteiger partial charge in [-0.1, -0.05) is 24.5 Å². The van der Waals surface area contributed by atoms with Crippen LogP contribution in [0.4, 0.5) is 5.82 Å². The Balaban J connectivity index is 1.03. The Labute approximate surface area is 266 Å². The number of thiol groups is 2. The van der Waals surface area contributed by atoms with Gasteiger partial charge in [0.05, 0.1) is 43.7 Å². The molecule has 7 atom stereocenters. The normalized spacial score (nSPS) is 27.8. The molecule has 0 spiro atoms. The number of hydrogen-bond acceptors (Lipinski definition) is 14. The van der Waals surface area contributed by atoms with Gasteiger partial charge < -0.3 is 29.4 Å². The lowest BCUT2D eigenvalue weighted by molar-refractivity contribution is -0.0452. The number of nitrogens with zero attached hydrogens (tertiary/aromatic N) is 7. The number of fused-ring (bicyclic) bond motifs is 1. The quantitative estimate of drug-likeness (QED) is 0.138. The van der Waals surface area contributed by atoms with Crippen molar-refractivity contribution in [3.05, 3.63) is 30.7 Å². The summed E-state index contributed by atoms with van der Waals surface area (Å²) in [6, 6.07) is 0. The van der Waals surface area contributed by atoms with Crippen LogP contribution in [-0.2, 0) is 38.6 Å². The monoisotopic (exact) mass is 700 g/mol. The Hall–Kier alpha value is -2.31. The number of imidazole rings is 1. The molecule has 0 aliphatic carbocycles. The lowest BCUT2D eigenvalue weighted by atomic mass is 10.1. The van der Waals surface area contributed by atoms with Gasteiger partial charge >= 0.3 is 13.6 Å². The van der Waals surface area contributed by atoms with Crippen LogP contribution in [0.3, 0.4) is 0 Å². The fourth-order valence-corrected chi connectivity index (χ4v) is 7.94. The van der Waals surface area contributed by atoms with Crippen molar-refractivity contribution in [1.29, 1.82) is 0 Å². The molecule has 21 heteroatoms. The smallest absolute Gasteiger partial charge is 0.386 e. The Kier molecular flexibility index (Phi) is 8.61. The van der Waals surface area contributed by atoms with Gasteiger partial charge in [0.1, 0.15) is 36.2 Å². The van der Waals surface area contributed by atoms with Gasteiger partial charge in [-0.25, -0.2) is 34.0 Å². The molecule has 0 bridgehead atoms. The number of hydrogen-bond donors (Lipinski definition) is 4. The standard InChI is InChI=1S/C24H30N8O9P2S2/c25-20-19-22(28-10-26-20)32(12-30-19)24-16(6-15(40-24)9-37-42(33,34)44)41-43(35,45)38-8-14-3-4-17(39-14)31-7-13-2-1-5-36-23-18(13)21(31)27-11-29-23/h7,10-12,14-17,24H,1-6,8-9H2,(H,35,45)(H2,25,26,28)(H2,33,34,44)/t14-,15-,16+,17+,24+,43?/m0/s1. The van der Waals surface area contributed by atoms with E-state index in [1.54, 1.807) is 4.57 Å². The molecule has 0 amide bonds. The molecule has 45 heavy (non-hydrogen) atoms. The zero-order valence-electron chi connectivity index (χ0n) is 23.6. The van der Waals surface area contributed by atoms with Gasteiger partial charge in [0.25, 0.3) is 0 Å². The van der Waals surface area contributed by atoms with Gasteiger partial charge in [-0.05, 0) is 31.2 Å². The summed E-state index contributed by atoms with van der Waals surface area (Å²) in [4.78, 5) is 30.7. The molecule has 242 valence electrons. The summed E-state index contributed by atoms with van der Waals surface area (Å²) in [7, 11) is 0. The van der Waals surface area contributed by atoms with Gasteiger partial charge in [-0.3, -0.25) is 18.1 Å². The number of ether oxygens (including phenoxy) is 3. The van der Waals surface area contributed by atoms with E-state index in [0.717, 1.165) is 29.4 Å². The molecule has 4 aromatic heterocycles. The second kappa shape index (κ2) is 12.4. The molecule has 2 unspecified atom stereocenters. The van der Waals surface area contributed by atoms with E-state index in [4.69, 9.17) is 33.5 Å². The molecule has 17 nitrogen and oxygen atoms in total. The van der Waals surface area contributed by atoms with Crippen LogP contribution in [0.25, 0.3) is 22.2 Å². The summed E-state index contributed by atoms with van der Waals surface area (Å²) < 4.78 is 63.4. The number of anilines is 1. The third-order valence-electron chi connectivity index (χ3n) is 7.80. The number of aryl methyl sites for hydroxylation is 1. The first kappa shape index (κ1) is 31.3. The summed E-state index contributed by atoms with van der Waals surface area (Å²) in [6.45, 7) is -7.76. The first-order valence-electron chi connectivity index (χ1n) is 14.1. The molecule has 4 aromatic rings. The molecular weight excluding hydrogens is 670 g/mol. The van der Waals surface area contributed by atoms with Crippen LogP contribution >= 0.6 is 38.1 Å². The maximum atomic E-state index is 13.5. The second-order valence-corrected chi connectivity index (χ2v) is 16.5. The topological polar surface area (TPSA) is 210 Å². The van der Waals surface area contributed by atoms with E-state index in [9.17, 15) is 14.0 Å². The van der Waals surface area contributed by atoms with Crippen molar-refractivity contribution >= 4 is 66.1 Å². The van der Waals surface area contributed by atoms with Crippen LogP contribution in [0.1, 0.15) is 43.7 Å². The third-order valence-corrected chi connectivity index (χ3v) is 10.3. The first-order valence-corrected chi connectivity index (χ1v) is 19.5. The van der Waals surface area contributed by atoms with Gasteiger partial charge in [-0.2, -0.15) is 0 Å². The minimum Gasteiger partial charge on any atom is -0.477 e. The molecule has 0 aromatic carbocycles. The maximum Gasteiger partial charge on any atom is 0.386 e. The highest BCUT2D eigenvalue weighted by Crippen LogP contribution is 2.57. The van der Waals surface area contributed by atoms with Crippen LogP contribution in [0.5, 0.6) is 5.88 Å². The van der Waals surface area contributed by atoms with Crippen LogP contribution in [0.2, 0.25) is 0 Å². The van der Waals surface area contributed by atoms with Gasteiger partial charge in [0.2, 0.25) is 5.88 Å². The molecule has 3 N–H and O–H groups in total. The molecule has 3 aliphatic rings. The largest absolute Gasteiger partial charge is 0.477 e. The van der Waals surface area contributed by atoms with Crippen LogP contribution < -0.4 is 10.5 Å². The second-order valence-electron chi connectivity index (χ2n) is 10.8. The summed E-state index contributed by atoms with van der Waals surface area (Å²) in [5.41, 5.74) is 8.48. The average molecular weight is 701 g/mol. The van der Waals surface area contributed by atoms with Crippen LogP contribution in [0.15, 0.2) is 25.2 Å². The zero-order valence-corrected chi connectivity index (χ0v) is 27.1. The highest BCUT2D eigenvalue weighted by molar-refractivity contribution is 8.44. The summed E-state index contributed by atoms with van der Waals surface area (Å²) in [5, 5.41) is 0.902. The summed E-state index contributed by atoms with van der Waals surface area (Å²) in [6.07, 6.45) is 6.18. The van der Waals surface area contributed by atoms with Crippen LogP contribution in [-0.4, -0.2) is 77.1 Å². The van der Waals surface area contributed by atoms with Crippen molar-refractivity contribution in [1.82, 2.24) is 34.1 Å². The predicted octanol–water partition coefficient (Wildman–Crippen LogP) is 3.63. The van der Waals surface area contributed by atoms with E-state index >= 15 is 0 Å². The number of aromatic nitrogens is 7. The Morgan fingerprint density at radius 1 is 1.00 bits per heavy atom. The number of nitrogens with two attached hydrogens (primary N) is 1. The predicted molar refractivity (Wildman–Crippen MR) is 165 cm³/mol. The van der Waals surface area contributed by atoms with E-state index in [1.807, 2.05) is 10.8 Å². The SMILES string of the molecule is Nc1ncnc2c1ncn2[C@@H]1O[C@H](COP(=O)(O)S)C[C@H]1OP(=O)(S)OC[C@@H]1CC[C@H](n2cc3c4c(ncnc42)OCCC3)O1. The van der Waals surface area contributed by atoms with Gasteiger partial charge in [0.15, 0.2) is 17.7 Å². The lowest BCUT2D eigenvalue weighted by Gasteiger charge is -2.24. The molecule has 0 saturated carbocycles.